The van der Waals surface area contributed by atoms with Gasteiger partial charge in [-0.2, -0.15) is 0 Å². The van der Waals surface area contributed by atoms with E-state index in [1.165, 1.54) is 0 Å². The fourth-order valence-corrected chi connectivity index (χ4v) is 2.95. The molecule has 2 heterocycles. The van der Waals surface area contributed by atoms with Crippen molar-refractivity contribution in [3.8, 4) is 0 Å². The van der Waals surface area contributed by atoms with Gasteiger partial charge in [-0.1, -0.05) is 23.7 Å². The summed E-state index contributed by atoms with van der Waals surface area (Å²) in [7, 11) is 0. The van der Waals surface area contributed by atoms with Crippen LogP contribution in [0, 0.1) is 6.92 Å². The van der Waals surface area contributed by atoms with E-state index in [0.29, 0.717) is 42.6 Å². The van der Waals surface area contributed by atoms with Crippen LogP contribution in [-0.4, -0.2) is 54.3 Å². The summed E-state index contributed by atoms with van der Waals surface area (Å²) in [6.45, 7) is 4.50. The molecule has 132 valence electrons. The molecule has 0 aliphatic carbocycles. The highest BCUT2D eigenvalue weighted by Gasteiger charge is 2.25. The summed E-state index contributed by atoms with van der Waals surface area (Å²) in [4.78, 5) is 28.3. The number of hydrogen-bond donors (Lipinski definition) is 1. The molecule has 2 aromatic rings. The van der Waals surface area contributed by atoms with Crippen molar-refractivity contribution in [1.82, 2.24) is 9.80 Å². The van der Waals surface area contributed by atoms with Gasteiger partial charge in [-0.25, -0.2) is 0 Å². The third-order valence-electron chi connectivity index (χ3n) is 4.13. The number of carbonyl (C=O) groups is 2. The lowest BCUT2D eigenvalue weighted by atomic mass is 10.2. The fraction of sp³-hybridized carbons (Fsp3) is 0.333. The van der Waals surface area contributed by atoms with Crippen molar-refractivity contribution in [3.05, 3.63) is 52.9 Å². The van der Waals surface area contributed by atoms with Crippen LogP contribution < -0.4 is 5.32 Å². The third kappa shape index (κ3) is 4.41. The smallest absolute Gasteiger partial charge is 0.289 e. The number of furan rings is 1. The molecule has 1 N–H and O–H groups in total. The van der Waals surface area contributed by atoms with Gasteiger partial charge < -0.3 is 14.6 Å². The molecule has 1 aliphatic rings. The molecule has 0 unspecified atom stereocenters. The molecule has 1 fully saturated rings. The van der Waals surface area contributed by atoms with Gasteiger partial charge in [-0.3, -0.25) is 14.5 Å². The molecular formula is C18H20ClN3O3. The Labute approximate surface area is 151 Å². The first-order chi connectivity index (χ1) is 12.0. The minimum Gasteiger partial charge on any atom is -0.456 e. The standard InChI is InChI=1S/C18H20ClN3O3/c1-13-6-7-16(25-13)18(24)22-10-8-21(9-11-22)12-17(23)20-15-5-3-2-4-14(15)19/h2-7H,8-12H2,1H3,(H,20,23). The van der Waals surface area contributed by atoms with Gasteiger partial charge in [0.2, 0.25) is 5.91 Å². The first-order valence-corrected chi connectivity index (χ1v) is 8.53. The minimum absolute atomic E-state index is 0.103. The van der Waals surface area contributed by atoms with E-state index in [1.807, 2.05) is 24.0 Å². The second kappa shape index (κ2) is 7.72. The molecule has 0 spiro atoms. The van der Waals surface area contributed by atoms with Gasteiger partial charge in [-0.15, -0.1) is 0 Å². The van der Waals surface area contributed by atoms with Crippen molar-refractivity contribution >= 4 is 29.1 Å². The number of anilines is 1. The van der Waals surface area contributed by atoms with Gasteiger partial charge in [0, 0.05) is 26.2 Å². The normalized spacial score (nSPS) is 15.2. The van der Waals surface area contributed by atoms with Gasteiger partial charge >= 0.3 is 0 Å². The summed E-state index contributed by atoms with van der Waals surface area (Å²) in [6, 6.07) is 10.6. The van der Waals surface area contributed by atoms with Crippen molar-refractivity contribution in [2.45, 2.75) is 6.92 Å². The Balaban J connectivity index is 1.48. The number of rotatable bonds is 4. The van der Waals surface area contributed by atoms with Crippen molar-refractivity contribution in [2.75, 3.05) is 38.0 Å². The van der Waals surface area contributed by atoms with Crippen LogP contribution in [0.1, 0.15) is 16.3 Å². The van der Waals surface area contributed by atoms with Crippen LogP contribution in [0.5, 0.6) is 0 Å². The molecule has 6 nitrogen and oxygen atoms in total. The monoisotopic (exact) mass is 361 g/mol. The number of para-hydroxylation sites is 1. The van der Waals surface area contributed by atoms with Gasteiger partial charge in [0.1, 0.15) is 5.76 Å². The van der Waals surface area contributed by atoms with Crippen LogP contribution >= 0.6 is 11.6 Å². The zero-order chi connectivity index (χ0) is 17.8. The lowest BCUT2D eigenvalue weighted by Gasteiger charge is -2.33. The summed E-state index contributed by atoms with van der Waals surface area (Å²) in [5.74, 6) is 0.864. The molecule has 0 saturated carbocycles. The molecule has 0 atom stereocenters. The van der Waals surface area contributed by atoms with Gasteiger partial charge in [-0.05, 0) is 31.2 Å². The SMILES string of the molecule is Cc1ccc(C(=O)N2CCN(CC(=O)Nc3ccccc3Cl)CC2)o1. The van der Waals surface area contributed by atoms with E-state index in [2.05, 4.69) is 5.32 Å². The molecule has 1 saturated heterocycles. The van der Waals surface area contributed by atoms with Gasteiger partial charge in [0.25, 0.3) is 5.91 Å². The Bertz CT molecular complexity index is 766. The fourth-order valence-electron chi connectivity index (χ4n) is 2.77. The van der Waals surface area contributed by atoms with Crippen LogP contribution in [-0.2, 0) is 4.79 Å². The van der Waals surface area contributed by atoms with Crippen LogP contribution in [0.2, 0.25) is 5.02 Å². The highest BCUT2D eigenvalue weighted by Crippen LogP contribution is 2.20. The van der Waals surface area contributed by atoms with Crippen LogP contribution in [0.4, 0.5) is 5.69 Å². The molecular weight excluding hydrogens is 342 g/mol. The Hall–Kier alpha value is -2.31. The highest BCUT2D eigenvalue weighted by atomic mass is 35.5. The maximum absolute atomic E-state index is 12.3. The highest BCUT2D eigenvalue weighted by molar-refractivity contribution is 6.33. The Morgan fingerprint density at radius 3 is 2.48 bits per heavy atom. The molecule has 7 heteroatoms. The van der Waals surface area contributed by atoms with Crippen molar-refractivity contribution in [2.24, 2.45) is 0 Å². The number of benzene rings is 1. The maximum Gasteiger partial charge on any atom is 0.289 e. The molecule has 3 rings (SSSR count). The predicted molar refractivity (Wildman–Crippen MR) is 95.9 cm³/mol. The minimum atomic E-state index is -0.116. The predicted octanol–water partition coefficient (Wildman–Crippen LogP) is 2.64. The van der Waals surface area contributed by atoms with Crippen molar-refractivity contribution in [1.29, 1.82) is 0 Å². The van der Waals surface area contributed by atoms with E-state index in [4.69, 9.17) is 16.0 Å². The summed E-state index contributed by atoms with van der Waals surface area (Å²) in [6.07, 6.45) is 0. The van der Waals surface area contributed by atoms with E-state index in [0.717, 1.165) is 5.76 Å². The molecule has 1 aromatic heterocycles. The first-order valence-electron chi connectivity index (χ1n) is 8.15. The summed E-state index contributed by atoms with van der Waals surface area (Å²) >= 11 is 6.04. The van der Waals surface area contributed by atoms with Crippen LogP contribution in [0.15, 0.2) is 40.8 Å². The second-order valence-corrected chi connectivity index (χ2v) is 6.41. The van der Waals surface area contributed by atoms with E-state index in [1.54, 1.807) is 29.2 Å². The molecule has 1 aromatic carbocycles. The van der Waals surface area contributed by atoms with E-state index in [-0.39, 0.29) is 18.4 Å². The quantitative estimate of drug-likeness (QED) is 0.909. The number of amides is 2. The lowest BCUT2D eigenvalue weighted by Crippen LogP contribution is -2.50. The lowest BCUT2D eigenvalue weighted by molar-refractivity contribution is -0.117. The van der Waals surface area contributed by atoms with Crippen molar-refractivity contribution < 1.29 is 14.0 Å². The molecule has 0 bridgehead atoms. The number of halogens is 1. The number of nitrogens with zero attached hydrogens (tertiary/aromatic N) is 2. The van der Waals surface area contributed by atoms with Gasteiger partial charge in [0.15, 0.2) is 5.76 Å². The first kappa shape index (κ1) is 17.5. The molecule has 25 heavy (non-hydrogen) atoms. The molecule has 1 aliphatic heterocycles. The van der Waals surface area contributed by atoms with Crippen molar-refractivity contribution in [3.63, 3.8) is 0 Å². The van der Waals surface area contributed by atoms with Crippen LogP contribution in [0.3, 0.4) is 0 Å². The number of carbonyl (C=O) groups excluding carboxylic acids is 2. The second-order valence-electron chi connectivity index (χ2n) is 6.01. The van der Waals surface area contributed by atoms with E-state index < -0.39 is 0 Å². The average Bonchev–Trinajstić information content (AvgIpc) is 3.03. The Kier molecular flexibility index (Phi) is 5.40. The molecule has 0 radical (unpaired) electrons. The topological polar surface area (TPSA) is 65.8 Å². The van der Waals surface area contributed by atoms with Gasteiger partial charge in [0.05, 0.1) is 17.3 Å². The zero-order valence-electron chi connectivity index (χ0n) is 14.0. The average molecular weight is 362 g/mol. The summed E-state index contributed by atoms with van der Waals surface area (Å²) < 4.78 is 5.39. The molecule has 2 amide bonds. The summed E-state index contributed by atoms with van der Waals surface area (Å²) in [5.41, 5.74) is 0.608. The largest absolute Gasteiger partial charge is 0.456 e. The van der Waals surface area contributed by atoms with E-state index >= 15 is 0 Å². The van der Waals surface area contributed by atoms with E-state index in [9.17, 15) is 9.59 Å². The Morgan fingerprint density at radius 1 is 1.12 bits per heavy atom. The third-order valence-corrected chi connectivity index (χ3v) is 4.46. The maximum atomic E-state index is 12.3. The number of hydrogen-bond acceptors (Lipinski definition) is 4. The van der Waals surface area contributed by atoms with Crippen LogP contribution in [0.25, 0.3) is 0 Å². The summed E-state index contributed by atoms with van der Waals surface area (Å²) in [5, 5.41) is 3.33. The zero-order valence-corrected chi connectivity index (χ0v) is 14.8. The Morgan fingerprint density at radius 2 is 1.84 bits per heavy atom. The number of piperazine rings is 1. The number of aryl methyl sites for hydroxylation is 1. The number of nitrogens with one attached hydrogen (secondary N) is 1.